The predicted octanol–water partition coefficient (Wildman–Crippen LogP) is 1.38. The van der Waals surface area contributed by atoms with Gasteiger partial charge in [0.1, 0.15) is 0 Å². The van der Waals surface area contributed by atoms with Gasteiger partial charge in [-0.1, -0.05) is 11.6 Å². The fraction of sp³-hybridized carbons (Fsp3) is 0.500. The average Bonchev–Trinajstić information content (AvgIpc) is 2.88. The maximum absolute atomic E-state index is 12.4. The van der Waals surface area contributed by atoms with E-state index in [1.165, 1.54) is 0 Å². The van der Waals surface area contributed by atoms with E-state index in [1.54, 1.807) is 17.0 Å². The van der Waals surface area contributed by atoms with E-state index < -0.39 is 0 Å². The molecule has 2 aliphatic heterocycles. The molecular weight excluding hydrogens is 320 g/mol. The van der Waals surface area contributed by atoms with E-state index in [0.717, 1.165) is 12.0 Å². The molecule has 2 amide bonds. The molecule has 1 atom stereocenters. The van der Waals surface area contributed by atoms with Crippen LogP contribution in [0.4, 0.5) is 0 Å². The molecule has 0 bridgehead atoms. The molecule has 0 aliphatic carbocycles. The number of nitrogens with zero attached hydrogens (tertiary/aromatic N) is 1. The number of fused-ring (bicyclic) bond motifs is 1. The molecule has 2 heterocycles. The molecule has 0 spiro atoms. The Morgan fingerprint density at radius 3 is 2.83 bits per heavy atom. The first-order valence-corrected chi connectivity index (χ1v) is 8.07. The van der Waals surface area contributed by atoms with E-state index in [-0.39, 0.29) is 24.2 Å². The van der Waals surface area contributed by atoms with Crippen LogP contribution in [0.5, 0.6) is 11.5 Å². The van der Waals surface area contributed by atoms with Crippen molar-refractivity contribution in [1.82, 2.24) is 4.90 Å². The smallest absolute Gasteiger partial charge is 0.227 e. The van der Waals surface area contributed by atoms with Crippen molar-refractivity contribution in [1.29, 1.82) is 0 Å². The number of nitrogens with two attached hydrogens (primary N) is 1. The summed E-state index contributed by atoms with van der Waals surface area (Å²) in [6, 6.07) is 3.53. The van der Waals surface area contributed by atoms with Gasteiger partial charge >= 0.3 is 0 Å². The lowest BCUT2D eigenvalue weighted by Crippen LogP contribution is -2.32. The van der Waals surface area contributed by atoms with Crippen LogP contribution < -0.4 is 15.2 Å². The fourth-order valence-corrected chi connectivity index (χ4v) is 3.18. The molecule has 0 unspecified atom stereocenters. The van der Waals surface area contributed by atoms with Gasteiger partial charge in [-0.2, -0.15) is 0 Å². The highest BCUT2D eigenvalue weighted by atomic mass is 35.5. The molecule has 1 aromatic rings. The third-order valence-electron chi connectivity index (χ3n) is 4.16. The second-order valence-corrected chi connectivity index (χ2v) is 6.27. The molecule has 6 nitrogen and oxygen atoms in total. The second-order valence-electron chi connectivity index (χ2n) is 5.86. The summed E-state index contributed by atoms with van der Waals surface area (Å²) in [5.41, 5.74) is 6.07. The lowest BCUT2D eigenvalue weighted by molar-refractivity contribution is -0.129. The molecule has 3 rings (SSSR count). The van der Waals surface area contributed by atoms with E-state index >= 15 is 0 Å². The summed E-state index contributed by atoms with van der Waals surface area (Å²) in [6.07, 6.45) is 1.63. The Labute approximate surface area is 139 Å². The lowest BCUT2D eigenvalue weighted by atomic mass is 10.1. The Hall–Kier alpha value is -1.95. The van der Waals surface area contributed by atoms with Crippen LogP contribution in [0.1, 0.15) is 18.4 Å². The van der Waals surface area contributed by atoms with Crippen molar-refractivity contribution < 1.29 is 19.1 Å². The van der Waals surface area contributed by atoms with Gasteiger partial charge < -0.3 is 20.1 Å². The van der Waals surface area contributed by atoms with Crippen molar-refractivity contribution in [3.05, 3.63) is 22.7 Å². The number of carbonyl (C=O) groups is 2. The Balaban J connectivity index is 1.71. The maximum Gasteiger partial charge on any atom is 0.227 e. The number of carbonyl (C=O) groups excluding carboxylic acids is 2. The largest absolute Gasteiger partial charge is 0.489 e. The Bertz CT molecular complexity index is 635. The molecule has 2 N–H and O–H groups in total. The van der Waals surface area contributed by atoms with Gasteiger partial charge in [0.25, 0.3) is 0 Å². The van der Waals surface area contributed by atoms with Crippen LogP contribution in [-0.2, 0) is 16.0 Å². The topological polar surface area (TPSA) is 81.9 Å². The Kier molecular flexibility index (Phi) is 4.61. The van der Waals surface area contributed by atoms with Crippen LogP contribution in [0.2, 0.25) is 5.02 Å². The number of ether oxygens (including phenoxy) is 2. The third-order valence-corrected chi connectivity index (χ3v) is 4.44. The van der Waals surface area contributed by atoms with Crippen molar-refractivity contribution in [3.63, 3.8) is 0 Å². The average molecular weight is 339 g/mol. The SMILES string of the molecule is NC(=O)[C@@H]1CCN(C(=O)Cc2cc(Cl)c3c(c2)OCCCO3)C1. The van der Waals surface area contributed by atoms with Crippen molar-refractivity contribution in [2.45, 2.75) is 19.3 Å². The van der Waals surface area contributed by atoms with Gasteiger partial charge in [0.05, 0.1) is 30.6 Å². The highest BCUT2D eigenvalue weighted by Gasteiger charge is 2.29. The number of primary amides is 1. The number of likely N-dealkylation sites (tertiary alicyclic amines) is 1. The van der Waals surface area contributed by atoms with Crippen molar-refractivity contribution >= 4 is 23.4 Å². The number of amides is 2. The first-order valence-electron chi connectivity index (χ1n) is 7.69. The molecule has 1 aromatic carbocycles. The molecule has 1 fully saturated rings. The van der Waals surface area contributed by atoms with Crippen LogP contribution in [0.15, 0.2) is 12.1 Å². The van der Waals surface area contributed by atoms with Gasteiger partial charge in [-0.3, -0.25) is 9.59 Å². The van der Waals surface area contributed by atoms with Crippen LogP contribution in [0.3, 0.4) is 0 Å². The van der Waals surface area contributed by atoms with Crippen LogP contribution in [-0.4, -0.2) is 43.0 Å². The zero-order valence-corrected chi connectivity index (χ0v) is 13.5. The van der Waals surface area contributed by atoms with Gasteiger partial charge in [0.15, 0.2) is 11.5 Å². The van der Waals surface area contributed by atoms with Crippen molar-refractivity contribution in [2.24, 2.45) is 11.7 Å². The standard InChI is InChI=1S/C16H19ClN2O4/c17-12-6-10(7-13-15(12)23-5-1-4-22-13)8-14(20)19-3-2-11(9-19)16(18)21/h6-7,11H,1-5,8-9H2,(H2,18,21)/t11-/m1/s1. The number of hydrogen-bond donors (Lipinski definition) is 1. The van der Waals surface area contributed by atoms with E-state index in [2.05, 4.69) is 0 Å². The summed E-state index contributed by atoms with van der Waals surface area (Å²) in [4.78, 5) is 25.3. The minimum absolute atomic E-state index is 0.0423. The summed E-state index contributed by atoms with van der Waals surface area (Å²) in [5, 5.41) is 0.448. The summed E-state index contributed by atoms with van der Waals surface area (Å²) in [7, 11) is 0. The number of benzene rings is 1. The molecule has 124 valence electrons. The highest BCUT2D eigenvalue weighted by Crippen LogP contribution is 2.38. The first kappa shape index (κ1) is 15.9. The van der Waals surface area contributed by atoms with E-state index in [4.69, 9.17) is 26.8 Å². The van der Waals surface area contributed by atoms with Crippen molar-refractivity contribution in [3.8, 4) is 11.5 Å². The predicted molar refractivity (Wildman–Crippen MR) is 84.6 cm³/mol. The number of hydrogen-bond acceptors (Lipinski definition) is 4. The fourth-order valence-electron chi connectivity index (χ4n) is 2.89. The van der Waals surface area contributed by atoms with Gasteiger partial charge in [-0.15, -0.1) is 0 Å². The van der Waals surface area contributed by atoms with Gasteiger partial charge in [0.2, 0.25) is 11.8 Å². The van der Waals surface area contributed by atoms with Gasteiger partial charge in [-0.25, -0.2) is 0 Å². The van der Waals surface area contributed by atoms with Crippen LogP contribution in [0.25, 0.3) is 0 Å². The number of halogens is 1. The normalized spacial score (nSPS) is 20.2. The molecule has 0 aromatic heterocycles. The first-order chi connectivity index (χ1) is 11.0. The van der Waals surface area contributed by atoms with E-state index in [1.807, 2.05) is 0 Å². The molecule has 7 heteroatoms. The Morgan fingerprint density at radius 2 is 2.09 bits per heavy atom. The number of rotatable bonds is 3. The quantitative estimate of drug-likeness (QED) is 0.902. The van der Waals surface area contributed by atoms with E-state index in [0.29, 0.717) is 49.2 Å². The summed E-state index contributed by atoms with van der Waals surface area (Å²) < 4.78 is 11.2. The van der Waals surface area contributed by atoms with Gasteiger partial charge in [-0.05, 0) is 24.1 Å². The lowest BCUT2D eigenvalue weighted by Gasteiger charge is -2.17. The molecule has 23 heavy (non-hydrogen) atoms. The minimum Gasteiger partial charge on any atom is -0.489 e. The Morgan fingerprint density at radius 1 is 1.30 bits per heavy atom. The highest BCUT2D eigenvalue weighted by molar-refractivity contribution is 6.32. The monoisotopic (exact) mass is 338 g/mol. The minimum atomic E-state index is -0.348. The van der Waals surface area contributed by atoms with Crippen molar-refractivity contribution in [2.75, 3.05) is 26.3 Å². The second kappa shape index (κ2) is 6.66. The zero-order chi connectivity index (χ0) is 16.4. The third kappa shape index (κ3) is 3.52. The summed E-state index contributed by atoms with van der Waals surface area (Å²) >= 11 is 6.24. The van der Waals surface area contributed by atoms with Crippen LogP contribution >= 0.6 is 11.6 Å². The summed E-state index contributed by atoms with van der Waals surface area (Å²) in [5.74, 6) is 0.481. The molecule has 0 saturated carbocycles. The van der Waals surface area contributed by atoms with E-state index in [9.17, 15) is 9.59 Å². The summed E-state index contributed by atoms with van der Waals surface area (Å²) in [6.45, 7) is 2.08. The molecule has 0 radical (unpaired) electrons. The molecular formula is C16H19ClN2O4. The maximum atomic E-state index is 12.4. The molecule has 1 saturated heterocycles. The molecule has 2 aliphatic rings. The zero-order valence-electron chi connectivity index (χ0n) is 12.7. The van der Waals surface area contributed by atoms with Crippen LogP contribution in [0, 0.1) is 5.92 Å². The van der Waals surface area contributed by atoms with Gasteiger partial charge in [0, 0.05) is 19.5 Å².